The Labute approximate surface area is 74.0 Å². The first-order valence-corrected chi connectivity index (χ1v) is 5.64. The highest BCUT2D eigenvalue weighted by Gasteiger charge is 2.13. The highest BCUT2D eigenvalue weighted by molar-refractivity contribution is 7.90. The number of aliphatic hydroxyl groups excluding tert-OH is 1. The first-order chi connectivity index (χ1) is 5.50. The molecular weight excluding hydrogens is 178 g/mol. The van der Waals surface area contributed by atoms with Crippen molar-refractivity contribution in [2.75, 3.05) is 13.2 Å². The summed E-state index contributed by atoms with van der Waals surface area (Å²) < 4.78 is 24.7. The Morgan fingerprint density at radius 1 is 1.33 bits per heavy atom. The minimum atomic E-state index is -3.11. The van der Waals surface area contributed by atoms with Gasteiger partial charge in [0.2, 0.25) is 10.0 Å². The molecule has 0 rings (SSSR count). The van der Waals surface area contributed by atoms with E-state index in [-0.39, 0.29) is 11.9 Å². The predicted molar refractivity (Wildman–Crippen MR) is 48.4 cm³/mol. The maximum Gasteiger partial charge on any atom is 0.213 e. The maximum absolute atomic E-state index is 11.1. The van der Waals surface area contributed by atoms with Gasteiger partial charge in [-0.2, -0.15) is 0 Å². The minimum Gasteiger partial charge on any atom is -0.396 e. The van der Waals surface area contributed by atoms with E-state index in [9.17, 15) is 8.42 Å². The van der Waals surface area contributed by atoms with Crippen LogP contribution in [-0.4, -0.2) is 31.9 Å². The molecule has 0 aromatic carbocycles. The van der Waals surface area contributed by atoms with Crippen molar-refractivity contribution in [1.82, 2.24) is 4.72 Å². The second kappa shape index (κ2) is 5.50. The molecule has 4 nitrogen and oxygen atoms in total. The predicted octanol–water partition coefficient (Wildman–Crippen LogP) is 0.0867. The molecule has 12 heavy (non-hydrogen) atoms. The fourth-order valence-electron chi connectivity index (χ4n) is 0.618. The van der Waals surface area contributed by atoms with E-state index in [4.69, 9.17) is 5.11 Å². The molecule has 2 N–H and O–H groups in total. The molecule has 0 aromatic rings. The Kier molecular flexibility index (Phi) is 5.44. The van der Waals surface area contributed by atoms with Gasteiger partial charge in [0, 0.05) is 13.2 Å². The Morgan fingerprint density at radius 2 is 1.92 bits per heavy atom. The van der Waals surface area contributed by atoms with Crippen LogP contribution in [0.5, 0.6) is 0 Å². The highest BCUT2D eigenvalue weighted by atomic mass is 32.2. The van der Waals surface area contributed by atoms with Gasteiger partial charge < -0.3 is 5.11 Å². The number of rotatable bonds is 6. The zero-order valence-electron chi connectivity index (χ0n) is 7.58. The van der Waals surface area contributed by atoms with Gasteiger partial charge in [0.15, 0.2) is 0 Å². The van der Waals surface area contributed by atoms with E-state index in [1.54, 1.807) is 13.8 Å². The first-order valence-electron chi connectivity index (χ1n) is 4.10. The SMILES string of the molecule is CC(C)S(=O)(=O)NCCCCO. The van der Waals surface area contributed by atoms with E-state index in [0.717, 1.165) is 0 Å². The van der Waals surface area contributed by atoms with Crippen molar-refractivity contribution in [3.8, 4) is 0 Å². The third-order valence-electron chi connectivity index (χ3n) is 1.51. The summed E-state index contributed by atoms with van der Waals surface area (Å²) in [6.07, 6.45) is 1.32. The molecule has 0 unspecified atom stereocenters. The molecule has 0 spiro atoms. The fraction of sp³-hybridized carbons (Fsp3) is 1.00. The lowest BCUT2D eigenvalue weighted by molar-refractivity contribution is 0.285. The zero-order chi connectivity index (χ0) is 9.61. The van der Waals surface area contributed by atoms with Gasteiger partial charge >= 0.3 is 0 Å². The van der Waals surface area contributed by atoms with Crippen molar-refractivity contribution in [3.63, 3.8) is 0 Å². The summed E-state index contributed by atoms with van der Waals surface area (Å²) >= 11 is 0. The zero-order valence-corrected chi connectivity index (χ0v) is 8.39. The monoisotopic (exact) mass is 195 g/mol. The lowest BCUT2D eigenvalue weighted by Gasteiger charge is -2.08. The standard InChI is InChI=1S/C7H17NO3S/c1-7(2)12(10,11)8-5-3-4-6-9/h7-9H,3-6H2,1-2H3. The maximum atomic E-state index is 11.1. The van der Waals surface area contributed by atoms with Crippen molar-refractivity contribution >= 4 is 10.0 Å². The molecule has 0 bridgehead atoms. The summed E-state index contributed by atoms with van der Waals surface area (Å²) in [5, 5.41) is 8.04. The van der Waals surface area contributed by atoms with Crippen molar-refractivity contribution in [1.29, 1.82) is 0 Å². The van der Waals surface area contributed by atoms with E-state index in [1.807, 2.05) is 0 Å². The van der Waals surface area contributed by atoms with Crippen LogP contribution in [0.15, 0.2) is 0 Å². The molecule has 0 saturated carbocycles. The van der Waals surface area contributed by atoms with Gasteiger partial charge in [0.25, 0.3) is 0 Å². The molecule has 0 atom stereocenters. The summed E-state index contributed by atoms with van der Waals surface area (Å²) in [5.41, 5.74) is 0. The Bertz CT molecular complexity index is 199. The van der Waals surface area contributed by atoms with E-state index < -0.39 is 10.0 Å². The lowest BCUT2D eigenvalue weighted by Crippen LogP contribution is -2.31. The van der Waals surface area contributed by atoms with Crippen LogP contribution in [0.3, 0.4) is 0 Å². The number of nitrogens with one attached hydrogen (secondary N) is 1. The molecule has 0 aliphatic rings. The average Bonchev–Trinajstić information content (AvgIpc) is 1.98. The molecule has 0 radical (unpaired) electrons. The fourth-order valence-corrected chi connectivity index (χ4v) is 1.38. The number of aliphatic hydroxyl groups is 1. The number of unbranched alkanes of at least 4 members (excludes halogenated alkanes) is 1. The third-order valence-corrected chi connectivity index (χ3v) is 3.36. The van der Waals surface area contributed by atoms with Crippen LogP contribution in [0, 0.1) is 0 Å². The van der Waals surface area contributed by atoms with Gasteiger partial charge in [0.05, 0.1) is 5.25 Å². The summed E-state index contributed by atoms with van der Waals surface area (Å²) in [4.78, 5) is 0. The largest absolute Gasteiger partial charge is 0.396 e. The minimum absolute atomic E-state index is 0.114. The van der Waals surface area contributed by atoms with Crippen LogP contribution in [0.2, 0.25) is 0 Å². The van der Waals surface area contributed by atoms with Crippen molar-refractivity contribution in [2.45, 2.75) is 31.9 Å². The normalized spacial score (nSPS) is 12.3. The Balaban J connectivity index is 3.63. The highest BCUT2D eigenvalue weighted by Crippen LogP contribution is 1.96. The lowest BCUT2D eigenvalue weighted by atomic mass is 10.3. The van der Waals surface area contributed by atoms with E-state index in [2.05, 4.69) is 4.72 Å². The van der Waals surface area contributed by atoms with Gasteiger partial charge in [-0.3, -0.25) is 0 Å². The summed E-state index contributed by atoms with van der Waals surface area (Å²) in [6, 6.07) is 0. The molecule has 0 amide bonds. The topological polar surface area (TPSA) is 66.4 Å². The number of sulfonamides is 1. The smallest absolute Gasteiger partial charge is 0.213 e. The summed E-state index contributed by atoms with van der Waals surface area (Å²) in [7, 11) is -3.11. The Hall–Kier alpha value is -0.130. The second-order valence-corrected chi connectivity index (χ2v) is 5.24. The molecule has 0 saturated heterocycles. The molecule has 5 heteroatoms. The van der Waals surface area contributed by atoms with E-state index >= 15 is 0 Å². The van der Waals surface area contributed by atoms with Crippen molar-refractivity contribution in [3.05, 3.63) is 0 Å². The Morgan fingerprint density at radius 3 is 2.33 bits per heavy atom. The van der Waals surface area contributed by atoms with E-state index in [0.29, 0.717) is 19.4 Å². The average molecular weight is 195 g/mol. The van der Waals surface area contributed by atoms with Crippen LogP contribution in [0.25, 0.3) is 0 Å². The molecule has 0 aromatic heterocycles. The van der Waals surface area contributed by atoms with Crippen molar-refractivity contribution in [2.24, 2.45) is 0 Å². The van der Waals surface area contributed by atoms with Gasteiger partial charge in [0.1, 0.15) is 0 Å². The third kappa shape index (κ3) is 4.69. The molecule has 0 heterocycles. The van der Waals surface area contributed by atoms with Crippen LogP contribution < -0.4 is 4.72 Å². The van der Waals surface area contributed by atoms with Crippen LogP contribution in [0.1, 0.15) is 26.7 Å². The summed E-state index contributed by atoms with van der Waals surface area (Å²) in [6.45, 7) is 3.80. The summed E-state index contributed by atoms with van der Waals surface area (Å²) in [5.74, 6) is 0. The van der Waals surface area contributed by atoms with Crippen LogP contribution in [0.4, 0.5) is 0 Å². The van der Waals surface area contributed by atoms with Crippen molar-refractivity contribution < 1.29 is 13.5 Å². The van der Waals surface area contributed by atoms with Gasteiger partial charge in [-0.15, -0.1) is 0 Å². The van der Waals surface area contributed by atoms with Gasteiger partial charge in [-0.1, -0.05) is 0 Å². The quantitative estimate of drug-likeness (QED) is 0.590. The van der Waals surface area contributed by atoms with Crippen LogP contribution in [-0.2, 0) is 10.0 Å². The molecule has 0 aliphatic carbocycles. The van der Waals surface area contributed by atoms with Gasteiger partial charge in [-0.25, -0.2) is 13.1 Å². The van der Waals surface area contributed by atoms with Gasteiger partial charge in [-0.05, 0) is 26.7 Å². The second-order valence-electron chi connectivity index (χ2n) is 2.92. The van der Waals surface area contributed by atoms with Crippen LogP contribution >= 0.6 is 0 Å². The van der Waals surface area contributed by atoms with E-state index in [1.165, 1.54) is 0 Å². The first kappa shape index (κ1) is 11.9. The molecule has 74 valence electrons. The molecule has 0 aliphatic heterocycles. The number of hydrogen-bond acceptors (Lipinski definition) is 3. The molecule has 0 fully saturated rings. The molecular formula is C7H17NO3S. The number of hydrogen-bond donors (Lipinski definition) is 2.